The normalized spacial score (nSPS) is 29.6. The van der Waals surface area contributed by atoms with Crippen LogP contribution >= 0.6 is 0 Å². The molecular formula is C17H22N2O5. The number of nitrogens with one attached hydrogen (secondary N) is 1. The zero-order valence-corrected chi connectivity index (χ0v) is 13.5. The number of allylic oxidation sites excluding steroid dienone is 2. The average molecular weight is 334 g/mol. The van der Waals surface area contributed by atoms with Crippen molar-refractivity contribution >= 4 is 0 Å². The van der Waals surface area contributed by atoms with Gasteiger partial charge in [0.25, 0.3) is 5.56 Å². The van der Waals surface area contributed by atoms with Crippen molar-refractivity contribution in [1.82, 2.24) is 9.55 Å². The number of aliphatic hydroxyl groups excluding tert-OH is 2. The molecule has 1 saturated carbocycles. The van der Waals surface area contributed by atoms with E-state index in [0.29, 0.717) is 18.6 Å². The average Bonchev–Trinajstić information content (AvgIpc) is 3.17. The molecule has 0 spiro atoms. The van der Waals surface area contributed by atoms with Crippen LogP contribution < -0.4 is 11.2 Å². The van der Waals surface area contributed by atoms with Crippen LogP contribution in [0.4, 0.5) is 0 Å². The van der Waals surface area contributed by atoms with Gasteiger partial charge in [-0.1, -0.05) is 24.3 Å². The van der Waals surface area contributed by atoms with Gasteiger partial charge in [-0.05, 0) is 13.3 Å². The molecule has 0 unspecified atom stereocenters. The van der Waals surface area contributed by atoms with E-state index in [2.05, 4.69) is 4.98 Å². The number of nitrogens with zero attached hydrogens (tertiary/aromatic N) is 1. The smallest absolute Gasteiger partial charge is 0.328 e. The van der Waals surface area contributed by atoms with Crippen LogP contribution in [0.3, 0.4) is 0 Å². The Morgan fingerprint density at radius 1 is 1.33 bits per heavy atom. The molecule has 2 aliphatic carbocycles. The molecule has 4 atom stereocenters. The second-order valence-corrected chi connectivity index (χ2v) is 6.45. The Bertz CT molecular complexity index is 751. The predicted molar refractivity (Wildman–Crippen MR) is 87.8 cm³/mol. The molecule has 7 heteroatoms. The number of hydrogen-bond acceptors (Lipinski definition) is 5. The van der Waals surface area contributed by atoms with Gasteiger partial charge in [-0.2, -0.15) is 0 Å². The minimum Gasteiger partial charge on any atom is -0.396 e. The van der Waals surface area contributed by atoms with Crippen molar-refractivity contribution in [3.8, 4) is 0 Å². The minimum atomic E-state index is -0.867. The van der Waals surface area contributed by atoms with E-state index in [4.69, 9.17) is 4.74 Å². The fraction of sp³-hybridized carbons (Fsp3) is 0.529. The van der Waals surface area contributed by atoms with E-state index in [-0.39, 0.29) is 18.4 Å². The fourth-order valence-electron chi connectivity index (χ4n) is 3.39. The molecule has 0 amide bonds. The van der Waals surface area contributed by atoms with Crippen LogP contribution in [-0.4, -0.2) is 45.2 Å². The summed E-state index contributed by atoms with van der Waals surface area (Å²) in [4.78, 5) is 26.0. The Labute approximate surface area is 138 Å². The number of aliphatic hydroxyl groups is 2. The van der Waals surface area contributed by atoms with Gasteiger partial charge in [0.2, 0.25) is 0 Å². The third kappa shape index (κ3) is 3.15. The van der Waals surface area contributed by atoms with Gasteiger partial charge in [-0.15, -0.1) is 0 Å². The summed E-state index contributed by atoms with van der Waals surface area (Å²) < 4.78 is 7.31. The SMILES string of the molecule is Cc1cn([C@@H]2C[C@H](CO)[C@@H](O)[C@@H]2OCC2C=CC=C2)c(=O)[nH]c1=O. The number of rotatable bonds is 5. The lowest BCUT2D eigenvalue weighted by Crippen LogP contribution is -2.40. The number of aromatic amines is 1. The maximum absolute atomic E-state index is 12.2. The highest BCUT2D eigenvalue weighted by atomic mass is 16.5. The summed E-state index contributed by atoms with van der Waals surface area (Å²) in [6.45, 7) is 1.83. The highest BCUT2D eigenvalue weighted by Gasteiger charge is 2.44. The van der Waals surface area contributed by atoms with Gasteiger partial charge < -0.3 is 14.9 Å². The van der Waals surface area contributed by atoms with Gasteiger partial charge in [-0.3, -0.25) is 14.3 Å². The second-order valence-electron chi connectivity index (χ2n) is 6.45. The predicted octanol–water partition coefficient (Wildman–Crippen LogP) is -0.113. The quantitative estimate of drug-likeness (QED) is 0.697. The van der Waals surface area contributed by atoms with Gasteiger partial charge in [0, 0.05) is 30.2 Å². The third-order valence-electron chi connectivity index (χ3n) is 4.79. The molecular weight excluding hydrogens is 312 g/mol. The Morgan fingerprint density at radius 3 is 2.71 bits per heavy atom. The second kappa shape index (κ2) is 6.88. The highest BCUT2D eigenvalue weighted by molar-refractivity contribution is 5.17. The van der Waals surface area contributed by atoms with Gasteiger partial charge in [0.05, 0.1) is 18.8 Å². The molecule has 1 fully saturated rings. The van der Waals surface area contributed by atoms with Gasteiger partial charge >= 0.3 is 5.69 Å². The molecule has 130 valence electrons. The van der Waals surface area contributed by atoms with Crippen molar-refractivity contribution in [2.75, 3.05) is 13.2 Å². The lowest BCUT2D eigenvalue weighted by atomic mass is 10.1. The Kier molecular flexibility index (Phi) is 4.84. The minimum absolute atomic E-state index is 0.139. The molecule has 1 aromatic rings. The van der Waals surface area contributed by atoms with Crippen LogP contribution in [-0.2, 0) is 4.74 Å². The molecule has 2 aliphatic rings. The molecule has 7 nitrogen and oxygen atoms in total. The van der Waals surface area contributed by atoms with Gasteiger partial charge in [0.1, 0.15) is 6.10 Å². The summed E-state index contributed by atoms with van der Waals surface area (Å²) in [6.07, 6.45) is 8.27. The van der Waals surface area contributed by atoms with E-state index in [1.54, 1.807) is 6.92 Å². The Hall–Kier alpha value is -1.96. The molecule has 0 aromatic carbocycles. The highest BCUT2D eigenvalue weighted by Crippen LogP contribution is 2.36. The fourth-order valence-corrected chi connectivity index (χ4v) is 3.39. The summed E-state index contributed by atoms with van der Waals surface area (Å²) in [7, 11) is 0. The molecule has 3 N–H and O–H groups in total. The van der Waals surface area contributed by atoms with Crippen molar-refractivity contribution in [3.05, 3.63) is 56.9 Å². The monoisotopic (exact) mass is 334 g/mol. The summed E-state index contributed by atoms with van der Waals surface area (Å²) in [5.41, 5.74) is -0.542. The number of aromatic nitrogens is 2. The van der Waals surface area contributed by atoms with E-state index >= 15 is 0 Å². The van der Waals surface area contributed by atoms with Crippen molar-refractivity contribution in [1.29, 1.82) is 0 Å². The first kappa shape index (κ1) is 16.9. The molecule has 0 aliphatic heterocycles. The Morgan fingerprint density at radius 2 is 2.04 bits per heavy atom. The van der Waals surface area contributed by atoms with Crippen LogP contribution in [0, 0.1) is 18.8 Å². The zero-order chi connectivity index (χ0) is 17.3. The van der Waals surface area contributed by atoms with E-state index in [1.807, 2.05) is 24.3 Å². The molecule has 0 bridgehead atoms. The van der Waals surface area contributed by atoms with Crippen molar-refractivity contribution in [2.45, 2.75) is 31.6 Å². The lowest BCUT2D eigenvalue weighted by Gasteiger charge is -2.25. The number of ether oxygens (including phenoxy) is 1. The number of hydrogen-bond donors (Lipinski definition) is 3. The van der Waals surface area contributed by atoms with Crippen LogP contribution in [0.15, 0.2) is 40.1 Å². The first-order valence-corrected chi connectivity index (χ1v) is 8.09. The van der Waals surface area contributed by atoms with Crippen molar-refractivity contribution < 1.29 is 14.9 Å². The number of aryl methyl sites for hydroxylation is 1. The largest absolute Gasteiger partial charge is 0.396 e. The summed E-state index contributed by atoms with van der Waals surface area (Å²) in [6, 6.07) is -0.436. The molecule has 1 aromatic heterocycles. The van der Waals surface area contributed by atoms with E-state index in [0.717, 1.165) is 0 Å². The zero-order valence-electron chi connectivity index (χ0n) is 13.5. The Balaban J connectivity index is 1.87. The van der Waals surface area contributed by atoms with Gasteiger partial charge in [-0.25, -0.2) is 4.79 Å². The maximum Gasteiger partial charge on any atom is 0.328 e. The van der Waals surface area contributed by atoms with E-state index < -0.39 is 29.5 Å². The molecule has 1 heterocycles. The summed E-state index contributed by atoms with van der Waals surface area (Å²) in [5.74, 6) is -0.228. The van der Waals surface area contributed by atoms with Crippen LogP contribution in [0.1, 0.15) is 18.0 Å². The molecule has 24 heavy (non-hydrogen) atoms. The first-order chi connectivity index (χ1) is 11.5. The van der Waals surface area contributed by atoms with Crippen LogP contribution in [0.2, 0.25) is 0 Å². The van der Waals surface area contributed by atoms with E-state index in [9.17, 15) is 19.8 Å². The molecule has 3 rings (SSSR count). The first-order valence-electron chi connectivity index (χ1n) is 8.09. The van der Waals surface area contributed by atoms with Crippen molar-refractivity contribution in [3.63, 3.8) is 0 Å². The lowest BCUT2D eigenvalue weighted by molar-refractivity contribution is -0.0562. The van der Waals surface area contributed by atoms with Gasteiger partial charge in [0.15, 0.2) is 0 Å². The standard InChI is InChI=1S/C17H22N2O5/c1-10-7-19(17(23)18-16(10)22)13-6-12(8-20)14(21)15(13)24-9-11-4-2-3-5-11/h2-5,7,11-15,20-21H,6,8-9H2,1H3,(H,18,22,23)/t12-,13-,14-,15-/m1/s1. The summed E-state index contributed by atoms with van der Waals surface area (Å²) >= 11 is 0. The van der Waals surface area contributed by atoms with Crippen LogP contribution in [0.25, 0.3) is 0 Å². The summed E-state index contributed by atoms with van der Waals surface area (Å²) in [5, 5.41) is 19.9. The van der Waals surface area contributed by atoms with Crippen molar-refractivity contribution in [2.24, 2.45) is 11.8 Å². The number of H-pyrrole nitrogens is 1. The molecule has 0 radical (unpaired) electrons. The topological polar surface area (TPSA) is 105 Å². The van der Waals surface area contributed by atoms with Crippen LogP contribution in [0.5, 0.6) is 0 Å². The molecule has 0 saturated heterocycles. The maximum atomic E-state index is 12.2. The third-order valence-corrected chi connectivity index (χ3v) is 4.79. The van der Waals surface area contributed by atoms with E-state index in [1.165, 1.54) is 10.8 Å².